The van der Waals surface area contributed by atoms with E-state index in [4.69, 9.17) is 0 Å². The molecule has 0 N–H and O–H groups in total. The molecule has 1 nitrogen and oxygen atoms in total. The third kappa shape index (κ3) is 2.45. The molecule has 0 unspecified atom stereocenters. The number of carbonyl (C=O) groups excluding carboxylic acids is 1. The van der Waals surface area contributed by atoms with E-state index in [-0.39, 0.29) is 17.1 Å². The first-order valence-corrected chi connectivity index (χ1v) is 6.14. The van der Waals surface area contributed by atoms with Crippen LogP contribution in [0.5, 0.6) is 0 Å². The Balaban J connectivity index is 3.02. The summed E-state index contributed by atoms with van der Waals surface area (Å²) in [6.45, 7) is 14.6. The van der Waals surface area contributed by atoms with Gasteiger partial charge in [0.1, 0.15) is 0 Å². The first-order chi connectivity index (χ1) is 7.29. The van der Waals surface area contributed by atoms with Crippen LogP contribution in [0.15, 0.2) is 23.8 Å². The summed E-state index contributed by atoms with van der Waals surface area (Å²) < 4.78 is 0. The van der Waals surface area contributed by atoms with E-state index in [1.54, 1.807) is 0 Å². The van der Waals surface area contributed by atoms with Crippen LogP contribution in [0, 0.1) is 17.3 Å². The van der Waals surface area contributed by atoms with E-state index in [2.05, 4.69) is 27.4 Å². The highest BCUT2D eigenvalue weighted by atomic mass is 16.1. The smallest absolute Gasteiger partial charge is 0.165 e. The second kappa shape index (κ2) is 4.57. The van der Waals surface area contributed by atoms with Gasteiger partial charge in [-0.3, -0.25) is 4.79 Å². The van der Waals surface area contributed by atoms with Crippen molar-refractivity contribution in [1.82, 2.24) is 0 Å². The number of Topliss-reactive ketones (excluding diaryl/α,β-unsaturated/α-hetero) is 1. The van der Waals surface area contributed by atoms with Gasteiger partial charge < -0.3 is 0 Å². The Morgan fingerprint density at radius 3 is 2.50 bits per heavy atom. The molecule has 16 heavy (non-hydrogen) atoms. The summed E-state index contributed by atoms with van der Waals surface area (Å²) in [6, 6.07) is 0. The van der Waals surface area contributed by atoms with E-state index in [0.29, 0.717) is 5.92 Å². The fourth-order valence-electron chi connectivity index (χ4n) is 3.12. The zero-order valence-electron chi connectivity index (χ0n) is 11.3. The van der Waals surface area contributed by atoms with Crippen LogP contribution in [0.2, 0.25) is 0 Å². The van der Waals surface area contributed by atoms with Crippen molar-refractivity contribution in [3.8, 4) is 0 Å². The summed E-state index contributed by atoms with van der Waals surface area (Å²) in [4.78, 5) is 12.3. The first kappa shape index (κ1) is 13.2. The number of allylic oxidation sites excluding steroid dienone is 3. The predicted molar refractivity (Wildman–Crippen MR) is 69.2 cm³/mol. The lowest BCUT2D eigenvalue weighted by molar-refractivity contribution is -0.122. The highest BCUT2D eigenvalue weighted by Gasteiger charge is 2.41. The Bertz CT molecular complexity index is 333. The fraction of sp³-hybridized carbons (Fsp3) is 0.667. The third-order valence-corrected chi connectivity index (χ3v) is 3.76. The summed E-state index contributed by atoms with van der Waals surface area (Å²) >= 11 is 0. The number of carbonyl (C=O) groups is 1. The lowest BCUT2D eigenvalue weighted by Gasteiger charge is -2.42. The molecule has 0 spiro atoms. The van der Waals surface area contributed by atoms with Crippen molar-refractivity contribution in [2.45, 2.75) is 47.5 Å². The molecule has 0 radical (unpaired) electrons. The molecule has 0 amide bonds. The molecular formula is C15H24O. The van der Waals surface area contributed by atoms with Crippen LogP contribution in [-0.2, 0) is 4.79 Å². The van der Waals surface area contributed by atoms with Crippen LogP contribution < -0.4 is 0 Å². The topological polar surface area (TPSA) is 17.1 Å². The Labute approximate surface area is 99.6 Å². The van der Waals surface area contributed by atoms with Crippen LogP contribution in [0.4, 0.5) is 0 Å². The van der Waals surface area contributed by atoms with Gasteiger partial charge in [0.15, 0.2) is 5.78 Å². The maximum absolute atomic E-state index is 12.3. The maximum atomic E-state index is 12.3. The molecule has 1 rings (SSSR count). The maximum Gasteiger partial charge on any atom is 0.165 e. The largest absolute Gasteiger partial charge is 0.294 e. The van der Waals surface area contributed by atoms with Crippen LogP contribution in [-0.4, -0.2) is 5.78 Å². The second-order valence-electron chi connectivity index (χ2n) is 5.93. The highest BCUT2D eigenvalue weighted by Crippen LogP contribution is 2.46. The van der Waals surface area contributed by atoms with Crippen molar-refractivity contribution in [3.05, 3.63) is 23.8 Å². The Kier molecular flexibility index (Phi) is 3.77. The fourth-order valence-corrected chi connectivity index (χ4v) is 3.12. The van der Waals surface area contributed by atoms with Crippen molar-refractivity contribution in [1.29, 1.82) is 0 Å². The zero-order chi connectivity index (χ0) is 12.5. The molecular weight excluding hydrogens is 196 g/mol. The average Bonchev–Trinajstić information content (AvgIpc) is 2.13. The average molecular weight is 220 g/mol. The van der Waals surface area contributed by atoms with E-state index in [0.717, 1.165) is 24.0 Å². The first-order valence-electron chi connectivity index (χ1n) is 6.14. The van der Waals surface area contributed by atoms with Crippen molar-refractivity contribution in [2.24, 2.45) is 17.3 Å². The Morgan fingerprint density at radius 2 is 2.06 bits per heavy atom. The van der Waals surface area contributed by atoms with Gasteiger partial charge in [0.05, 0.1) is 0 Å². The molecule has 0 heterocycles. The van der Waals surface area contributed by atoms with Gasteiger partial charge in [-0.15, -0.1) is 0 Å². The Morgan fingerprint density at radius 1 is 1.50 bits per heavy atom. The SMILES string of the molecule is C=C1C[C@H](C)CC(C)(C)[C@H]1C(=O)C(C)=CC. The van der Waals surface area contributed by atoms with Gasteiger partial charge in [-0.05, 0) is 43.6 Å². The minimum Gasteiger partial charge on any atom is -0.294 e. The highest BCUT2D eigenvalue weighted by molar-refractivity contribution is 5.98. The summed E-state index contributed by atoms with van der Waals surface area (Å²) in [5.74, 6) is 0.932. The van der Waals surface area contributed by atoms with E-state index >= 15 is 0 Å². The molecule has 1 heteroatoms. The monoisotopic (exact) mass is 220 g/mol. The molecule has 0 bridgehead atoms. The quantitative estimate of drug-likeness (QED) is 0.504. The minimum atomic E-state index is 0.0138. The lowest BCUT2D eigenvalue weighted by Crippen LogP contribution is -2.38. The molecule has 0 saturated heterocycles. The molecule has 2 atom stereocenters. The number of hydrogen-bond donors (Lipinski definition) is 0. The molecule has 1 fully saturated rings. The molecule has 0 aromatic heterocycles. The lowest BCUT2D eigenvalue weighted by atomic mass is 9.61. The summed E-state index contributed by atoms with van der Waals surface area (Å²) in [7, 11) is 0. The molecule has 1 aliphatic carbocycles. The van der Waals surface area contributed by atoms with Gasteiger partial charge in [-0.25, -0.2) is 0 Å². The second-order valence-corrected chi connectivity index (χ2v) is 5.93. The third-order valence-electron chi connectivity index (χ3n) is 3.76. The summed E-state index contributed by atoms with van der Waals surface area (Å²) in [6.07, 6.45) is 4.01. The van der Waals surface area contributed by atoms with E-state index in [1.807, 2.05) is 19.9 Å². The van der Waals surface area contributed by atoms with E-state index in [9.17, 15) is 4.79 Å². The van der Waals surface area contributed by atoms with Crippen LogP contribution in [0.3, 0.4) is 0 Å². The van der Waals surface area contributed by atoms with E-state index < -0.39 is 0 Å². The van der Waals surface area contributed by atoms with Crippen LogP contribution in [0.1, 0.15) is 47.5 Å². The van der Waals surface area contributed by atoms with Gasteiger partial charge in [0.2, 0.25) is 0 Å². The summed E-state index contributed by atoms with van der Waals surface area (Å²) in [5, 5.41) is 0. The number of ketones is 1. The van der Waals surface area contributed by atoms with Gasteiger partial charge in [0, 0.05) is 5.92 Å². The molecule has 1 saturated carbocycles. The van der Waals surface area contributed by atoms with Gasteiger partial charge in [-0.1, -0.05) is 39.0 Å². The van der Waals surface area contributed by atoms with Crippen molar-refractivity contribution >= 4 is 5.78 Å². The predicted octanol–water partition coefficient (Wildman–Crippen LogP) is 4.15. The molecule has 0 aromatic carbocycles. The normalized spacial score (nSPS) is 30.3. The van der Waals surface area contributed by atoms with Crippen molar-refractivity contribution in [3.63, 3.8) is 0 Å². The zero-order valence-corrected chi connectivity index (χ0v) is 11.3. The van der Waals surface area contributed by atoms with Crippen LogP contribution >= 0.6 is 0 Å². The molecule has 0 aromatic rings. The minimum absolute atomic E-state index is 0.0138. The molecule has 0 aliphatic heterocycles. The van der Waals surface area contributed by atoms with Crippen LogP contribution in [0.25, 0.3) is 0 Å². The standard InChI is InChI=1S/C15H24O/c1-7-11(3)14(16)13-12(4)8-10(2)9-15(13,5)6/h7,10,13H,4,8-9H2,1-3,5-6H3/t10-,13+/m0/s1. The van der Waals surface area contributed by atoms with Gasteiger partial charge in [0.25, 0.3) is 0 Å². The Hall–Kier alpha value is -0.850. The molecule has 1 aliphatic rings. The van der Waals surface area contributed by atoms with Gasteiger partial charge >= 0.3 is 0 Å². The van der Waals surface area contributed by atoms with Crippen molar-refractivity contribution in [2.75, 3.05) is 0 Å². The summed E-state index contributed by atoms with van der Waals surface area (Å²) in [5.41, 5.74) is 2.04. The molecule has 90 valence electrons. The number of hydrogen-bond acceptors (Lipinski definition) is 1. The van der Waals surface area contributed by atoms with Crippen molar-refractivity contribution < 1.29 is 4.79 Å². The van der Waals surface area contributed by atoms with E-state index in [1.165, 1.54) is 0 Å². The van der Waals surface area contributed by atoms with Gasteiger partial charge in [-0.2, -0.15) is 0 Å². The number of rotatable bonds is 2.